The highest BCUT2D eigenvalue weighted by Gasteiger charge is 2.36. The Morgan fingerprint density at radius 1 is 1.33 bits per heavy atom. The first-order valence-electron chi connectivity index (χ1n) is 8.68. The highest BCUT2D eigenvalue weighted by atomic mass is 19.1. The predicted molar refractivity (Wildman–Crippen MR) is 91.4 cm³/mol. The van der Waals surface area contributed by atoms with E-state index in [1.807, 2.05) is 23.7 Å². The van der Waals surface area contributed by atoms with E-state index in [-0.39, 0.29) is 17.8 Å². The summed E-state index contributed by atoms with van der Waals surface area (Å²) in [5.41, 5.74) is 2.05. The van der Waals surface area contributed by atoms with Gasteiger partial charge in [0.1, 0.15) is 5.82 Å². The molecule has 2 heterocycles. The number of rotatable bonds is 5. The first-order chi connectivity index (χ1) is 11.6. The molecular formula is C19H24FN3O. The van der Waals surface area contributed by atoms with Crippen LogP contribution in [0.15, 0.2) is 30.3 Å². The molecular weight excluding hydrogens is 305 g/mol. The molecule has 1 fully saturated rings. The van der Waals surface area contributed by atoms with E-state index < -0.39 is 0 Å². The number of hydrogen-bond acceptors (Lipinski definition) is 2. The van der Waals surface area contributed by atoms with Crippen LogP contribution < -0.4 is 0 Å². The van der Waals surface area contributed by atoms with Crippen LogP contribution in [0.5, 0.6) is 0 Å². The van der Waals surface area contributed by atoms with Crippen molar-refractivity contribution in [1.29, 1.82) is 0 Å². The lowest BCUT2D eigenvalue weighted by Crippen LogP contribution is -2.45. The molecule has 1 aromatic carbocycles. The van der Waals surface area contributed by atoms with E-state index in [2.05, 4.69) is 18.9 Å². The summed E-state index contributed by atoms with van der Waals surface area (Å²) in [5.74, 6) is -0.360. The zero-order valence-electron chi connectivity index (χ0n) is 14.5. The first-order valence-corrected chi connectivity index (χ1v) is 8.68. The van der Waals surface area contributed by atoms with Crippen LogP contribution in [0, 0.1) is 12.7 Å². The normalized spacial score (nSPS) is 17.2. The fourth-order valence-electron chi connectivity index (χ4n) is 3.44. The van der Waals surface area contributed by atoms with E-state index >= 15 is 0 Å². The van der Waals surface area contributed by atoms with Crippen LogP contribution in [0.25, 0.3) is 0 Å². The second-order valence-electron chi connectivity index (χ2n) is 6.41. The Morgan fingerprint density at radius 3 is 2.62 bits per heavy atom. The SMILES string of the molecule is CCC(CC)n1nc(C(=O)N2CCC2c2ccccc2F)cc1C. The van der Waals surface area contributed by atoms with E-state index in [4.69, 9.17) is 0 Å². The van der Waals surface area contributed by atoms with Crippen LogP contribution in [0.2, 0.25) is 0 Å². The molecule has 1 amide bonds. The summed E-state index contributed by atoms with van der Waals surface area (Å²) < 4.78 is 16.0. The molecule has 0 N–H and O–H groups in total. The van der Waals surface area contributed by atoms with Gasteiger partial charge in [-0.15, -0.1) is 0 Å². The number of nitrogens with zero attached hydrogens (tertiary/aromatic N) is 3. The molecule has 0 aliphatic carbocycles. The summed E-state index contributed by atoms with van der Waals surface area (Å²) >= 11 is 0. The zero-order chi connectivity index (χ0) is 17.3. The number of likely N-dealkylation sites (tertiary alicyclic amines) is 1. The standard InChI is InChI=1S/C19H24FN3O/c1-4-14(5-2)23-13(3)12-17(21-23)19(24)22-11-10-18(22)15-8-6-7-9-16(15)20/h6-9,12,14,18H,4-5,10-11H2,1-3H3. The average molecular weight is 329 g/mol. The summed E-state index contributed by atoms with van der Waals surface area (Å²) in [6, 6.07) is 8.66. The van der Waals surface area contributed by atoms with Crippen molar-refractivity contribution in [1.82, 2.24) is 14.7 Å². The highest BCUT2D eigenvalue weighted by Crippen LogP contribution is 2.35. The molecule has 1 saturated heterocycles. The second kappa shape index (κ2) is 6.75. The van der Waals surface area contributed by atoms with Crippen molar-refractivity contribution >= 4 is 5.91 Å². The van der Waals surface area contributed by atoms with E-state index in [1.54, 1.807) is 17.0 Å². The lowest BCUT2D eigenvalue weighted by atomic mass is 9.94. The van der Waals surface area contributed by atoms with Gasteiger partial charge in [-0.25, -0.2) is 4.39 Å². The number of halogens is 1. The molecule has 1 unspecified atom stereocenters. The van der Waals surface area contributed by atoms with Crippen molar-refractivity contribution in [2.75, 3.05) is 6.54 Å². The van der Waals surface area contributed by atoms with Gasteiger partial charge >= 0.3 is 0 Å². The summed E-state index contributed by atoms with van der Waals surface area (Å²) in [6.45, 7) is 6.88. The van der Waals surface area contributed by atoms with Gasteiger partial charge in [0.15, 0.2) is 5.69 Å². The third-order valence-electron chi connectivity index (χ3n) is 4.97. The zero-order valence-corrected chi connectivity index (χ0v) is 14.5. The smallest absolute Gasteiger partial charge is 0.274 e. The molecule has 0 spiro atoms. The van der Waals surface area contributed by atoms with E-state index in [9.17, 15) is 9.18 Å². The van der Waals surface area contributed by atoms with Crippen molar-refractivity contribution in [3.8, 4) is 0 Å². The molecule has 0 saturated carbocycles. The van der Waals surface area contributed by atoms with Crippen molar-refractivity contribution in [3.05, 3.63) is 53.1 Å². The molecule has 2 aromatic rings. The molecule has 0 radical (unpaired) electrons. The van der Waals surface area contributed by atoms with E-state index in [0.29, 0.717) is 23.8 Å². The van der Waals surface area contributed by atoms with Crippen LogP contribution in [0.4, 0.5) is 4.39 Å². The van der Waals surface area contributed by atoms with Crippen molar-refractivity contribution in [3.63, 3.8) is 0 Å². The molecule has 1 aromatic heterocycles. The number of aryl methyl sites for hydroxylation is 1. The number of aromatic nitrogens is 2. The molecule has 1 atom stereocenters. The maximum absolute atomic E-state index is 14.0. The lowest BCUT2D eigenvalue weighted by molar-refractivity contribution is 0.0445. The quantitative estimate of drug-likeness (QED) is 0.821. The van der Waals surface area contributed by atoms with Gasteiger partial charge in [0.05, 0.1) is 12.1 Å². The summed E-state index contributed by atoms with van der Waals surface area (Å²) in [5, 5.41) is 4.54. The van der Waals surface area contributed by atoms with Crippen molar-refractivity contribution in [2.45, 2.75) is 52.1 Å². The Kier molecular flexibility index (Phi) is 4.69. The Bertz CT molecular complexity index is 736. The minimum absolute atomic E-state index is 0.109. The van der Waals surface area contributed by atoms with Gasteiger partial charge in [0.2, 0.25) is 0 Å². The van der Waals surface area contributed by atoms with Crippen LogP contribution >= 0.6 is 0 Å². The lowest BCUT2D eigenvalue weighted by Gasteiger charge is -2.41. The van der Waals surface area contributed by atoms with Crippen molar-refractivity contribution in [2.24, 2.45) is 0 Å². The highest BCUT2D eigenvalue weighted by molar-refractivity contribution is 5.93. The molecule has 1 aliphatic rings. The maximum Gasteiger partial charge on any atom is 0.274 e. The molecule has 1 aliphatic heterocycles. The summed E-state index contributed by atoms with van der Waals surface area (Å²) in [4.78, 5) is 14.5. The molecule has 128 valence electrons. The Balaban J connectivity index is 1.82. The molecule has 0 bridgehead atoms. The maximum atomic E-state index is 14.0. The van der Waals surface area contributed by atoms with Crippen molar-refractivity contribution < 1.29 is 9.18 Å². The Morgan fingerprint density at radius 2 is 2.04 bits per heavy atom. The van der Waals surface area contributed by atoms with Gasteiger partial charge in [-0.3, -0.25) is 9.48 Å². The third kappa shape index (κ3) is 2.83. The largest absolute Gasteiger partial charge is 0.330 e. The predicted octanol–water partition coefficient (Wildman–Crippen LogP) is 4.28. The van der Waals surface area contributed by atoms with Gasteiger partial charge in [-0.05, 0) is 38.3 Å². The van der Waals surface area contributed by atoms with E-state index in [1.165, 1.54) is 6.07 Å². The molecule has 4 nitrogen and oxygen atoms in total. The Hall–Kier alpha value is -2.17. The van der Waals surface area contributed by atoms with Gasteiger partial charge < -0.3 is 4.90 Å². The topological polar surface area (TPSA) is 38.1 Å². The van der Waals surface area contributed by atoms with Gasteiger partial charge in [0, 0.05) is 17.8 Å². The number of amides is 1. The molecule has 24 heavy (non-hydrogen) atoms. The monoisotopic (exact) mass is 329 g/mol. The van der Waals surface area contributed by atoms with E-state index in [0.717, 1.165) is 25.0 Å². The number of carbonyl (C=O) groups is 1. The van der Waals surface area contributed by atoms with Gasteiger partial charge in [-0.2, -0.15) is 5.10 Å². The van der Waals surface area contributed by atoms with Gasteiger partial charge in [-0.1, -0.05) is 32.0 Å². The number of hydrogen-bond donors (Lipinski definition) is 0. The average Bonchev–Trinajstić information content (AvgIpc) is 2.92. The van der Waals surface area contributed by atoms with Crippen LogP contribution in [0.3, 0.4) is 0 Å². The van der Waals surface area contributed by atoms with Crippen LogP contribution in [-0.2, 0) is 0 Å². The minimum Gasteiger partial charge on any atom is -0.330 e. The molecule has 3 rings (SSSR count). The first kappa shape index (κ1) is 16.7. The van der Waals surface area contributed by atoms with Crippen LogP contribution in [-0.4, -0.2) is 27.1 Å². The summed E-state index contributed by atoms with van der Waals surface area (Å²) in [6.07, 6.45) is 2.75. The van der Waals surface area contributed by atoms with Crippen LogP contribution in [0.1, 0.15) is 66.9 Å². The fourth-order valence-corrected chi connectivity index (χ4v) is 3.44. The minimum atomic E-state index is -0.251. The summed E-state index contributed by atoms with van der Waals surface area (Å²) in [7, 11) is 0. The third-order valence-corrected chi connectivity index (χ3v) is 4.97. The second-order valence-corrected chi connectivity index (χ2v) is 6.41. The number of carbonyl (C=O) groups excluding carboxylic acids is 1. The fraction of sp³-hybridized carbons (Fsp3) is 0.474. The van der Waals surface area contributed by atoms with Gasteiger partial charge in [0.25, 0.3) is 5.91 Å². The number of benzene rings is 1. The Labute approximate surface area is 142 Å². The molecule has 5 heteroatoms.